The Hall–Kier alpha value is -0.440. The third-order valence-electron chi connectivity index (χ3n) is 1.86. The van der Waals surface area contributed by atoms with Crippen LogP contribution in [0.15, 0.2) is 12.7 Å². The highest BCUT2D eigenvalue weighted by molar-refractivity contribution is 7.55. The number of hydrogen-bond acceptors (Lipinski definition) is 4. The normalized spacial score (nSPS) is 13.5. The lowest BCUT2D eigenvalue weighted by molar-refractivity contribution is -0.117. The van der Waals surface area contributed by atoms with Crippen LogP contribution in [-0.4, -0.2) is 24.7 Å². The van der Waals surface area contributed by atoms with Gasteiger partial charge in [0.15, 0.2) is 0 Å². The van der Waals surface area contributed by atoms with Crippen molar-refractivity contribution in [1.29, 1.82) is 0 Å². The molecule has 0 aliphatic heterocycles. The number of rotatable bonds is 8. The average molecular weight is 234 g/mol. The lowest BCUT2D eigenvalue weighted by Gasteiger charge is -2.23. The van der Waals surface area contributed by atoms with Gasteiger partial charge in [-0.1, -0.05) is 6.08 Å². The Bertz CT molecular complexity index is 252. The van der Waals surface area contributed by atoms with Crippen LogP contribution in [0.5, 0.6) is 0 Å². The summed E-state index contributed by atoms with van der Waals surface area (Å²) in [6.07, 6.45) is 1.86. The molecule has 0 N–H and O–H groups in total. The van der Waals surface area contributed by atoms with E-state index in [9.17, 15) is 9.36 Å². The van der Waals surface area contributed by atoms with E-state index in [4.69, 9.17) is 9.05 Å². The van der Waals surface area contributed by atoms with Crippen molar-refractivity contribution in [2.75, 3.05) is 13.2 Å². The maximum atomic E-state index is 12.2. The maximum absolute atomic E-state index is 12.2. The average Bonchev–Trinajstić information content (AvgIpc) is 2.14. The minimum atomic E-state index is -3.32. The van der Waals surface area contributed by atoms with Crippen molar-refractivity contribution in [3.05, 3.63) is 12.7 Å². The molecule has 0 heterocycles. The molecule has 88 valence electrons. The summed E-state index contributed by atoms with van der Waals surface area (Å²) in [6, 6.07) is 0. The lowest BCUT2D eigenvalue weighted by Crippen LogP contribution is -2.20. The van der Waals surface area contributed by atoms with Gasteiger partial charge in [0.1, 0.15) is 11.4 Å². The van der Waals surface area contributed by atoms with E-state index < -0.39 is 13.3 Å². The number of carbonyl (C=O) groups excluding carboxylic acids is 1. The molecular formula is C10H19O4P. The minimum absolute atomic E-state index is 0.194. The molecule has 0 aromatic carbocycles. The Labute approximate surface area is 91.2 Å². The van der Waals surface area contributed by atoms with Gasteiger partial charge in [-0.25, -0.2) is 0 Å². The Morgan fingerprint density at radius 2 is 1.87 bits per heavy atom. The topological polar surface area (TPSA) is 52.6 Å². The smallest absolute Gasteiger partial charge is 0.308 e. The van der Waals surface area contributed by atoms with Gasteiger partial charge in [0.05, 0.1) is 13.2 Å². The predicted octanol–water partition coefficient (Wildman–Crippen LogP) is 2.79. The quantitative estimate of drug-likeness (QED) is 0.478. The molecule has 0 radical (unpaired) electrons. The minimum Gasteiger partial charge on any atom is -0.308 e. The molecule has 0 spiro atoms. The second-order valence-corrected chi connectivity index (χ2v) is 5.25. The summed E-state index contributed by atoms with van der Waals surface area (Å²) in [4.78, 5) is 11.4. The van der Waals surface area contributed by atoms with Crippen LogP contribution in [0.4, 0.5) is 0 Å². The standard InChI is InChI=1S/C10H19O4P/c1-5-8-10(9(4)11)15(12,13-6-2)14-7-3/h5,10H,1,6-8H2,2-4H3. The molecule has 0 saturated carbocycles. The fourth-order valence-corrected chi connectivity index (χ4v) is 3.26. The van der Waals surface area contributed by atoms with Gasteiger partial charge in [-0.05, 0) is 27.2 Å². The van der Waals surface area contributed by atoms with Crippen molar-refractivity contribution >= 4 is 13.4 Å². The molecule has 15 heavy (non-hydrogen) atoms. The van der Waals surface area contributed by atoms with Crippen molar-refractivity contribution < 1.29 is 18.4 Å². The predicted molar refractivity (Wildman–Crippen MR) is 60.1 cm³/mol. The van der Waals surface area contributed by atoms with Gasteiger partial charge in [0.25, 0.3) is 0 Å². The van der Waals surface area contributed by atoms with Crippen molar-refractivity contribution in [2.45, 2.75) is 32.9 Å². The maximum Gasteiger partial charge on any atom is 0.341 e. The molecule has 0 aliphatic carbocycles. The first-order valence-corrected chi connectivity index (χ1v) is 6.63. The highest BCUT2D eigenvalue weighted by atomic mass is 31.2. The summed E-state index contributed by atoms with van der Waals surface area (Å²) in [6.45, 7) is 8.88. The molecule has 0 bridgehead atoms. The number of Topliss-reactive ketones (excluding diaryl/α,β-unsaturated/α-hetero) is 1. The zero-order chi connectivity index (χ0) is 11.9. The lowest BCUT2D eigenvalue weighted by atomic mass is 10.2. The Morgan fingerprint density at radius 1 is 1.40 bits per heavy atom. The highest BCUT2D eigenvalue weighted by Crippen LogP contribution is 2.54. The Morgan fingerprint density at radius 3 is 2.13 bits per heavy atom. The van der Waals surface area contributed by atoms with E-state index in [-0.39, 0.29) is 19.0 Å². The molecule has 5 heteroatoms. The summed E-state index contributed by atoms with van der Waals surface area (Å²) in [5.41, 5.74) is -0.727. The SMILES string of the molecule is C=CCC(C(C)=O)P(=O)(OCC)OCC. The second-order valence-electron chi connectivity index (χ2n) is 3.03. The monoisotopic (exact) mass is 234 g/mol. The third-order valence-corrected chi connectivity index (χ3v) is 4.43. The van der Waals surface area contributed by atoms with Crippen molar-refractivity contribution in [3.8, 4) is 0 Å². The number of hydrogen-bond donors (Lipinski definition) is 0. The first-order chi connectivity index (χ1) is 7.01. The van der Waals surface area contributed by atoms with Crippen LogP contribution in [0.1, 0.15) is 27.2 Å². The molecule has 1 unspecified atom stereocenters. The fourth-order valence-electron chi connectivity index (χ4n) is 1.25. The number of allylic oxidation sites excluding steroid dienone is 1. The molecule has 0 aromatic heterocycles. The largest absolute Gasteiger partial charge is 0.341 e. The molecule has 4 nitrogen and oxygen atoms in total. The molecular weight excluding hydrogens is 215 g/mol. The van der Waals surface area contributed by atoms with Crippen LogP contribution in [0.25, 0.3) is 0 Å². The van der Waals surface area contributed by atoms with E-state index in [1.807, 2.05) is 0 Å². The first kappa shape index (κ1) is 14.6. The summed E-state index contributed by atoms with van der Waals surface area (Å²) in [5.74, 6) is -0.194. The number of carbonyl (C=O) groups is 1. The van der Waals surface area contributed by atoms with Gasteiger partial charge in [-0.15, -0.1) is 6.58 Å². The van der Waals surface area contributed by atoms with Gasteiger partial charge in [-0.3, -0.25) is 9.36 Å². The zero-order valence-electron chi connectivity index (χ0n) is 9.56. The van der Waals surface area contributed by atoms with Crippen molar-refractivity contribution in [3.63, 3.8) is 0 Å². The molecule has 0 rings (SSSR count). The summed E-state index contributed by atoms with van der Waals surface area (Å²) >= 11 is 0. The van der Waals surface area contributed by atoms with Crippen LogP contribution in [-0.2, 0) is 18.4 Å². The van der Waals surface area contributed by atoms with Gasteiger partial charge >= 0.3 is 7.60 Å². The summed E-state index contributed by atoms with van der Waals surface area (Å²) in [7, 11) is -3.32. The Kier molecular flexibility index (Phi) is 6.73. The van der Waals surface area contributed by atoms with Crippen LogP contribution >= 0.6 is 7.60 Å². The van der Waals surface area contributed by atoms with Crippen LogP contribution in [0.3, 0.4) is 0 Å². The van der Waals surface area contributed by atoms with E-state index in [1.165, 1.54) is 6.92 Å². The van der Waals surface area contributed by atoms with E-state index in [0.29, 0.717) is 6.42 Å². The molecule has 0 amide bonds. The van der Waals surface area contributed by atoms with E-state index >= 15 is 0 Å². The van der Waals surface area contributed by atoms with Crippen LogP contribution in [0, 0.1) is 0 Å². The van der Waals surface area contributed by atoms with Gasteiger partial charge in [0.2, 0.25) is 0 Å². The highest BCUT2D eigenvalue weighted by Gasteiger charge is 2.37. The van der Waals surface area contributed by atoms with Crippen LogP contribution in [0.2, 0.25) is 0 Å². The summed E-state index contributed by atoms with van der Waals surface area (Å²) < 4.78 is 22.5. The summed E-state index contributed by atoms with van der Waals surface area (Å²) in [5, 5.41) is 0. The number of ketones is 1. The van der Waals surface area contributed by atoms with Gasteiger partial charge in [-0.2, -0.15) is 0 Å². The van der Waals surface area contributed by atoms with E-state index in [2.05, 4.69) is 6.58 Å². The first-order valence-electron chi connectivity index (χ1n) is 5.02. The van der Waals surface area contributed by atoms with Crippen molar-refractivity contribution in [2.24, 2.45) is 0 Å². The second kappa shape index (κ2) is 6.94. The fraction of sp³-hybridized carbons (Fsp3) is 0.700. The molecule has 0 fully saturated rings. The molecule has 1 atom stereocenters. The molecule has 0 aromatic rings. The third kappa shape index (κ3) is 4.29. The van der Waals surface area contributed by atoms with Crippen molar-refractivity contribution in [1.82, 2.24) is 0 Å². The van der Waals surface area contributed by atoms with E-state index in [1.54, 1.807) is 19.9 Å². The zero-order valence-corrected chi connectivity index (χ0v) is 10.5. The van der Waals surface area contributed by atoms with Gasteiger partial charge < -0.3 is 9.05 Å². The van der Waals surface area contributed by atoms with Gasteiger partial charge in [0, 0.05) is 0 Å². The van der Waals surface area contributed by atoms with Crippen LogP contribution < -0.4 is 0 Å². The Balaban J connectivity index is 4.89. The molecule has 0 aliphatic rings. The van der Waals surface area contributed by atoms with E-state index in [0.717, 1.165) is 0 Å². The molecule has 0 saturated heterocycles.